The lowest BCUT2D eigenvalue weighted by Crippen LogP contribution is -2.62. The quantitative estimate of drug-likeness (QED) is 0.852. The maximum absolute atomic E-state index is 11.7. The molecule has 0 aliphatic carbocycles. The van der Waals surface area contributed by atoms with Crippen LogP contribution in [-0.2, 0) is 9.84 Å². The van der Waals surface area contributed by atoms with Crippen molar-refractivity contribution in [2.75, 3.05) is 24.6 Å². The number of sulfone groups is 1. The summed E-state index contributed by atoms with van der Waals surface area (Å²) in [5.41, 5.74) is 6.03. The molecule has 1 atom stereocenters. The summed E-state index contributed by atoms with van der Waals surface area (Å²) in [7, 11) is -2.81. The van der Waals surface area contributed by atoms with Crippen molar-refractivity contribution in [1.29, 1.82) is 0 Å². The average molecular weight is 288 g/mol. The summed E-state index contributed by atoms with van der Waals surface area (Å²) >= 11 is 0. The Balaban J connectivity index is 2.15. The molecule has 2 saturated heterocycles. The number of rotatable bonds is 4. The van der Waals surface area contributed by atoms with E-state index in [4.69, 9.17) is 5.73 Å². The Morgan fingerprint density at radius 1 is 1.26 bits per heavy atom. The highest BCUT2D eigenvalue weighted by Crippen LogP contribution is 2.35. The summed E-state index contributed by atoms with van der Waals surface area (Å²) < 4.78 is 23.4. The van der Waals surface area contributed by atoms with Crippen molar-refractivity contribution in [2.45, 2.75) is 63.5 Å². The fourth-order valence-electron chi connectivity index (χ4n) is 3.79. The van der Waals surface area contributed by atoms with Gasteiger partial charge in [0, 0.05) is 18.1 Å². The molecule has 0 radical (unpaired) electrons. The van der Waals surface area contributed by atoms with E-state index in [1.807, 2.05) is 0 Å². The van der Waals surface area contributed by atoms with Gasteiger partial charge in [0.05, 0.1) is 11.5 Å². The summed E-state index contributed by atoms with van der Waals surface area (Å²) in [5.74, 6) is 0.638. The zero-order valence-electron chi connectivity index (χ0n) is 12.1. The molecule has 2 N–H and O–H groups in total. The van der Waals surface area contributed by atoms with E-state index in [0.29, 0.717) is 24.1 Å². The standard InChI is InChI=1S/C14H28N2O2S/c1-2-5-13-6-3-4-9-16(13)14(12-15)7-10-19(17,18)11-8-14/h13H,2-12,15H2,1H3. The van der Waals surface area contributed by atoms with Crippen molar-refractivity contribution in [1.82, 2.24) is 4.90 Å². The minimum atomic E-state index is -2.81. The van der Waals surface area contributed by atoms with Gasteiger partial charge in [-0.15, -0.1) is 0 Å². The van der Waals surface area contributed by atoms with E-state index in [-0.39, 0.29) is 5.54 Å². The largest absolute Gasteiger partial charge is 0.329 e. The third-order valence-corrected chi connectivity index (χ3v) is 6.65. The number of nitrogens with zero attached hydrogens (tertiary/aromatic N) is 1. The molecule has 112 valence electrons. The second-order valence-corrected chi connectivity index (χ2v) is 8.52. The molecule has 0 amide bonds. The minimum Gasteiger partial charge on any atom is -0.329 e. The molecule has 2 aliphatic heterocycles. The van der Waals surface area contributed by atoms with E-state index in [1.54, 1.807) is 0 Å². The monoisotopic (exact) mass is 288 g/mol. The van der Waals surface area contributed by atoms with Crippen LogP contribution in [-0.4, -0.2) is 49.5 Å². The number of hydrogen-bond acceptors (Lipinski definition) is 4. The Morgan fingerprint density at radius 2 is 1.95 bits per heavy atom. The van der Waals surface area contributed by atoms with Gasteiger partial charge in [-0.1, -0.05) is 19.8 Å². The lowest BCUT2D eigenvalue weighted by molar-refractivity contribution is 0.0109. The first-order valence-electron chi connectivity index (χ1n) is 7.70. The van der Waals surface area contributed by atoms with Gasteiger partial charge in [-0.2, -0.15) is 0 Å². The second kappa shape index (κ2) is 6.10. The van der Waals surface area contributed by atoms with Gasteiger partial charge in [-0.05, 0) is 38.6 Å². The van der Waals surface area contributed by atoms with Crippen LogP contribution in [0, 0.1) is 0 Å². The lowest BCUT2D eigenvalue weighted by Gasteiger charge is -2.51. The number of hydrogen-bond donors (Lipinski definition) is 1. The molecular formula is C14H28N2O2S. The van der Waals surface area contributed by atoms with Gasteiger partial charge in [0.2, 0.25) is 0 Å². The van der Waals surface area contributed by atoms with Crippen molar-refractivity contribution in [2.24, 2.45) is 5.73 Å². The highest BCUT2D eigenvalue weighted by Gasteiger charge is 2.43. The molecule has 0 aromatic carbocycles. The zero-order chi connectivity index (χ0) is 13.9. The topological polar surface area (TPSA) is 63.4 Å². The highest BCUT2D eigenvalue weighted by molar-refractivity contribution is 7.91. The molecule has 2 rings (SSSR count). The van der Waals surface area contributed by atoms with E-state index in [0.717, 1.165) is 19.4 Å². The molecule has 1 unspecified atom stereocenters. The molecule has 0 aromatic rings. The van der Waals surface area contributed by atoms with E-state index in [9.17, 15) is 8.42 Å². The molecule has 5 heteroatoms. The molecule has 0 spiro atoms. The first-order valence-corrected chi connectivity index (χ1v) is 9.52. The summed E-state index contributed by atoms with van der Waals surface area (Å²) in [6.07, 6.45) is 7.66. The maximum Gasteiger partial charge on any atom is 0.150 e. The number of nitrogens with two attached hydrogens (primary N) is 1. The van der Waals surface area contributed by atoms with Gasteiger partial charge in [0.1, 0.15) is 9.84 Å². The van der Waals surface area contributed by atoms with Crippen LogP contribution in [0.1, 0.15) is 51.9 Å². The number of likely N-dealkylation sites (tertiary alicyclic amines) is 1. The van der Waals surface area contributed by atoms with Crippen LogP contribution in [0.2, 0.25) is 0 Å². The van der Waals surface area contributed by atoms with Crippen molar-refractivity contribution in [3.63, 3.8) is 0 Å². The molecule has 0 aromatic heterocycles. The molecule has 2 aliphatic rings. The fourth-order valence-corrected chi connectivity index (χ4v) is 5.37. The molecule has 2 heterocycles. The van der Waals surface area contributed by atoms with Crippen molar-refractivity contribution in [3.05, 3.63) is 0 Å². The second-order valence-electron chi connectivity index (χ2n) is 6.21. The van der Waals surface area contributed by atoms with Gasteiger partial charge < -0.3 is 5.73 Å². The number of piperidine rings is 1. The molecule has 4 nitrogen and oxygen atoms in total. The van der Waals surface area contributed by atoms with Crippen molar-refractivity contribution in [3.8, 4) is 0 Å². The zero-order valence-corrected chi connectivity index (χ0v) is 12.9. The van der Waals surface area contributed by atoms with Gasteiger partial charge >= 0.3 is 0 Å². The van der Waals surface area contributed by atoms with Gasteiger partial charge in [-0.25, -0.2) is 8.42 Å². The Bertz CT molecular complexity index is 378. The van der Waals surface area contributed by atoms with E-state index >= 15 is 0 Å². The van der Waals surface area contributed by atoms with Crippen LogP contribution >= 0.6 is 0 Å². The molecule has 0 bridgehead atoms. The predicted octanol–water partition coefficient (Wildman–Crippen LogP) is 1.55. The first-order chi connectivity index (χ1) is 9.03. The van der Waals surface area contributed by atoms with Crippen molar-refractivity contribution < 1.29 is 8.42 Å². The predicted molar refractivity (Wildman–Crippen MR) is 78.9 cm³/mol. The van der Waals surface area contributed by atoms with Crippen LogP contribution < -0.4 is 5.73 Å². The van der Waals surface area contributed by atoms with Gasteiger partial charge in [0.25, 0.3) is 0 Å². The van der Waals surface area contributed by atoms with Crippen molar-refractivity contribution >= 4 is 9.84 Å². The van der Waals surface area contributed by atoms with E-state index < -0.39 is 9.84 Å². The molecule has 0 saturated carbocycles. The molecule has 2 fully saturated rings. The molecule has 19 heavy (non-hydrogen) atoms. The van der Waals surface area contributed by atoms with E-state index in [1.165, 1.54) is 32.1 Å². The highest BCUT2D eigenvalue weighted by atomic mass is 32.2. The average Bonchev–Trinajstić information content (AvgIpc) is 2.41. The Labute approximate surface area is 117 Å². The minimum absolute atomic E-state index is 0.0500. The van der Waals surface area contributed by atoms with Crippen LogP contribution in [0.25, 0.3) is 0 Å². The van der Waals surface area contributed by atoms with Crippen LogP contribution in [0.3, 0.4) is 0 Å². The van der Waals surface area contributed by atoms with Gasteiger partial charge in [0.15, 0.2) is 0 Å². The summed E-state index contributed by atoms with van der Waals surface area (Å²) in [6, 6.07) is 0.614. The molecular weight excluding hydrogens is 260 g/mol. The summed E-state index contributed by atoms with van der Waals surface area (Å²) in [6.45, 7) is 3.93. The Hall–Kier alpha value is -0.130. The third kappa shape index (κ3) is 3.31. The summed E-state index contributed by atoms with van der Waals surface area (Å²) in [5, 5.41) is 0. The Morgan fingerprint density at radius 3 is 2.53 bits per heavy atom. The fraction of sp³-hybridized carbons (Fsp3) is 1.00. The normalized spacial score (nSPS) is 31.2. The lowest BCUT2D eigenvalue weighted by atomic mass is 9.84. The SMILES string of the molecule is CCCC1CCCCN1C1(CN)CCS(=O)(=O)CC1. The summed E-state index contributed by atoms with van der Waals surface area (Å²) in [4.78, 5) is 2.58. The smallest absolute Gasteiger partial charge is 0.150 e. The Kier molecular flexibility index (Phi) is 4.90. The maximum atomic E-state index is 11.7. The van der Waals surface area contributed by atoms with Gasteiger partial charge in [-0.3, -0.25) is 4.90 Å². The van der Waals surface area contributed by atoms with Crippen LogP contribution in [0.5, 0.6) is 0 Å². The van der Waals surface area contributed by atoms with Crippen LogP contribution in [0.4, 0.5) is 0 Å². The third-order valence-electron chi connectivity index (χ3n) is 5.00. The first kappa shape index (κ1) is 15.3. The van der Waals surface area contributed by atoms with Crippen LogP contribution in [0.15, 0.2) is 0 Å². The van der Waals surface area contributed by atoms with E-state index in [2.05, 4.69) is 11.8 Å².